The number of rotatable bonds is 10. The van der Waals surface area contributed by atoms with Gasteiger partial charge in [-0.1, -0.05) is 13.3 Å². The van der Waals surface area contributed by atoms with Gasteiger partial charge < -0.3 is 15.5 Å². The van der Waals surface area contributed by atoms with E-state index in [0.717, 1.165) is 0 Å². The molecule has 0 bridgehead atoms. The fraction of sp³-hybridized carbons (Fsp3) is 0.692. The molecule has 0 aromatic rings. The SMILES string of the molecule is CCC(CC(=O)O)CC(=O)NC(CC(C)=O)CC(=O)O. The second-order valence-electron chi connectivity index (χ2n) is 4.84. The maximum atomic E-state index is 11.8. The van der Waals surface area contributed by atoms with E-state index in [1.807, 2.05) is 0 Å². The summed E-state index contributed by atoms with van der Waals surface area (Å²) < 4.78 is 0. The smallest absolute Gasteiger partial charge is 0.305 e. The van der Waals surface area contributed by atoms with Gasteiger partial charge in [-0.25, -0.2) is 0 Å². The average molecular weight is 287 g/mol. The number of hydrogen-bond acceptors (Lipinski definition) is 4. The van der Waals surface area contributed by atoms with Crippen LogP contribution in [-0.2, 0) is 19.2 Å². The Morgan fingerprint density at radius 3 is 1.90 bits per heavy atom. The highest BCUT2D eigenvalue weighted by atomic mass is 16.4. The van der Waals surface area contributed by atoms with Gasteiger partial charge in [0.2, 0.25) is 5.91 Å². The maximum Gasteiger partial charge on any atom is 0.305 e. The maximum absolute atomic E-state index is 11.8. The highest BCUT2D eigenvalue weighted by Crippen LogP contribution is 2.13. The minimum absolute atomic E-state index is 0.0107. The Bertz CT molecular complexity index is 363. The quantitative estimate of drug-likeness (QED) is 0.547. The molecule has 0 aromatic heterocycles. The van der Waals surface area contributed by atoms with Crippen molar-refractivity contribution in [1.29, 1.82) is 0 Å². The van der Waals surface area contributed by atoms with Gasteiger partial charge >= 0.3 is 11.9 Å². The van der Waals surface area contributed by atoms with Crippen LogP contribution in [-0.4, -0.2) is 39.9 Å². The minimum Gasteiger partial charge on any atom is -0.481 e. The van der Waals surface area contributed by atoms with Gasteiger partial charge in [-0.15, -0.1) is 0 Å². The Morgan fingerprint density at radius 1 is 0.950 bits per heavy atom. The van der Waals surface area contributed by atoms with Crippen LogP contribution in [0.5, 0.6) is 0 Å². The first-order valence-corrected chi connectivity index (χ1v) is 6.46. The molecular weight excluding hydrogens is 266 g/mol. The summed E-state index contributed by atoms with van der Waals surface area (Å²) in [6, 6.07) is -0.750. The Kier molecular flexibility index (Phi) is 8.19. The number of carboxylic acids is 2. The van der Waals surface area contributed by atoms with Crippen LogP contribution in [0.4, 0.5) is 0 Å². The van der Waals surface area contributed by atoms with Gasteiger partial charge in [0, 0.05) is 25.3 Å². The second-order valence-corrected chi connectivity index (χ2v) is 4.84. The van der Waals surface area contributed by atoms with E-state index < -0.39 is 23.9 Å². The van der Waals surface area contributed by atoms with Gasteiger partial charge in [-0.05, 0) is 12.8 Å². The molecular formula is C13H21NO6. The van der Waals surface area contributed by atoms with Crippen molar-refractivity contribution in [3.8, 4) is 0 Å². The van der Waals surface area contributed by atoms with E-state index in [0.29, 0.717) is 6.42 Å². The third-order valence-electron chi connectivity index (χ3n) is 2.83. The van der Waals surface area contributed by atoms with E-state index in [1.165, 1.54) is 6.92 Å². The van der Waals surface area contributed by atoms with Crippen LogP contribution in [0.3, 0.4) is 0 Å². The molecule has 0 rings (SSSR count). The topological polar surface area (TPSA) is 121 Å². The Labute approximate surface area is 117 Å². The number of Topliss-reactive ketones (excluding diaryl/α,β-unsaturated/α-hetero) is 1. The fourth-order valence-electron chi connectivity index (χ4n) is 1.89. The van der Waals surface area contributed by atoms with Crippen molar-refractivity contribution in [2.24, 2.45) is 5.92 Å². The highest BCUT2D eigenvalue weighted by molar-refractivity contribution is 5.81. The average Bonchev–Trinajstić information content (AvgIpc) is 2.25. The van der Waals surface area contributed by atoms with Crippen LogP contribution in [0.2, 0.25) is 0 Å². The molecule has 0 spiro atoms. The highest BCUT2D eigenvalue weighted by Gasteiger charge is 2.20. The molecule has 0 aliphatic rings. The lowest BCUT2D eigenvalue weighted by Gasteiger charge is -2.18. The molecule has 0 heterocycles. The second kappa shape index (κ2) is 9.06. The summed E-state index contributed by atoms with van der Waals surface area (Å²) in [5.41, 5.74) is 0. The van der Waals surface area contributed by atoms with Crippen LogP contribution in [0.1, 0.15) is 46.0 Å². The van der Waals surface area contributed by atoms with E-state index >= 15 is 0 Å². The van der Waals surface area contributed by atoms with Gasteiger partial charge in [0.25, 0.3) is 0 Å². The Balaban J connectivity index is 4.45. The van der Waals surface area contributed by atoms with E-state index in [4.69, 9.17) is 10.2 Å². The zero-order chi connectivity index (χ0) is 15.7. The molecule has 2 unspecified atom stereocenters. The molecule has 7 heteroatoms. The van der Waals surface area contributed by atoms with Gasteiger partial charge in [0.15, 0.2) is 0 Å². The molecule has 114 valence electrons. The summed E-state index contributed by atoms with van der Waals surface area (Å²) in [7, 11) is 0. The summed E-state index contributed by atoms with van der Waals surface area (Å²) in [5, 5.41) is 19.9. The summed E-state index contributed by atoms with van der Waals surface area (Å²) in [4.78, 5) is 44.0. The fourth-order valence-corrected chi connectivity index (χ4v) is 1.89. The molecule has 0 radical (unpaired) electrons. The lowest BCUT2D eigenvalue weighted by atomic mass is 9.97. The Hall–Kier alpha value is -1.92. The van der Waals surface area contributed by atoms with Crippen molar-refractivity contribution in [3.63, 3.8) is 0 Å². The molecule has 0 saturated carbocycles. The van der Waals surface area contributed by atoms with Crippen LogP contribution in [0, 0.1) is 5.92 Å². The van der Waals surface area contributed by atoms with Crippen molar-refractivity contribution in [2.45, 2.75) is 52.0 Å². The number of amides is 1. The standard InChI is InChI=1S/C13H21NO6/c1-3-9(6-12(17)18)5-11(16)14-10(4-8(2)15)7-13(19)20/h9-10H,3-7H2,1-2H3,(H,14,16)(H,17,18)(H,19,20). The van der Waals surface area contributed by atoms with Crippen molar-refractivity contribution in [1.82, 2.24) is 5.32 Å². The molecule has 0 aromatic carbocycles. The number of carbonyl (C=O) groups is 4. The number of hydrogen-bond donors (Lipinski definition) is 3. The van der Waals surface area contributed by atoms with Crippen LogP contribution in [0.15, 0.2) is 0 Å². The van der Waals surface area contributed by atoms with Gasteiger partial charge in [0.1, 0.15) is 5.78 Å². The van der Waals surface area contributed by atoms with Gasteiger partial charge in [-0.3, -0.25) is 19.2 Å². The van der Waals surface area contributed by atoms with Gasteiger partial charge in [0.05, 0.1) is 6.42 Å². The predicted octanol–water partition coefficient (Wildman–Crippen LogP) is 0.816. The number of carbonyl (C=O) groups excluding carboxylic acids is 2. The lowest BCUT2D eigenvalue weighted by Crippen LogP contribution is -2.38. The largest absolute Gasteiger partial charge is 0.481 e. The summed E-state index contributed by atoms with van der Waals surface area (Å²) in [6.45, 7) is 3.10. The molecule has 20 heavy (non-hydrogen) atoms. The normalized spacial score (nSPS) is 13.3. The first kappa shape index (κ1) is 18.1. The van der Waals surface area contributed by atoms with Crippen molar-refractivity contribution < 1.29 is 29.4 Å². The first-order valence-electron chi connectivity index (χ1n) is 6.46. The van der Waals surface area contributed by atoms with E-state index in [2.05, 4.69) is 5.32 Å². The van der Waals surface area contributed by atoms with Crippen molar-refractivity contribution in [3.05, 3.63) is 0 Å². The van der Waals surface area contributed by atoms with Crippen molar-refractivity contribution >= 4 is 23.6 Å². The molecule has 0 aliphatic heterocycles. The van der Waals surface area contributed by atoms with Crippen LogP contribution in [0.25, 0.3) is 0 Å². The first-order chi connectivity index (χ1) is 9.24. The number of nitrogens with one attached hydrogen (secondary N) is 1. The number of aliphatic carboxylic acids is 2. The summed E-state index contributed by atoms with van der Waals surface area (Å²) >= 11 is 0. The monoisotopic (exact) mass is 287 g/mol. The van der Waals surface area contributed by atoms with Crippen LogP contribution >= 0.6 is 0 Å². The molecule has 1 amide bonds. The number of ketones is 1. The molecule has 7 nitrogen and oxygen atoms in total. The predicted molar refractivity (Wildman–Crippen MR) is 70.1 cm³/mol. The Morgan fingerprint density at radius 2 is 1.50 bits per heavy atom. The van der Waals surface area contributed by atoms with Crippen LogP contribution < -0.4 is 5.32 Å². The zero-order valence-corrected chi connectivity index (χ0v) is 11.7. The van der Waals surface area contributed by atoms with E-state index in [9.17, 15) is 19.2 Å². The summed E-state index contributed by atoms with van der Waals surface area (Å²) in [5.74, 6) is -3.01. The molecule has 0 fully saturated rings. The third kappa shape index (κ3) is 9.07. The zero-order valence-electron chi connectivity index (χ0n) is 11.7. The van der Waals surface area contributed by atoms with Crippen molar-refractivity contribution in [2.75, 3.05) is 0 Å². The summed E-state index contributed by atoms with van der Waals surface area (Å²) in [6.07, 6.45) is 0.0574. The third-order valence-corrected chi connectivity index (χ3v) is 2.83. The van der Waals surface area contributed by atoms with E-state index in [-0.39, 0.29) is 37.4 Å². The van der Waals surface area contributed by atoms with Gasteiger partial charge in [-0.2, -0.15) is 0 Å². The molecule has 3 N–H and O–H groups in total. The molecule has 0 aliphatic carbocycles. The van der Waals surface area contributed by atoms with E-state index in [1.54, 1.807) is 6.92 Å². The molecule has 0 saturated heterocycles. The lowest BCUT2D eigenvalue weighted by molar-refractivity contribution is -0.138. The minimum atomic E-state index is -1.10. The molecule has 2 atom stereocenters. The number of carboxylic acid groups (broad SMARTS) is 2.